The van der Waals surface area contributed by atoms with Crippen LogP contribution in [0.15, 0.2) is 54.9 Å². The molecule has 0 saturated carbocycles. The van der Waals surface area contributed by atoms with E-state index in [1.807, 2.05) is 26.0 Å². The Morgan fingerprint density at radius 2 is 1.81 bits per heavy atom. The normalized spacial score (nSPS) is 12.0. The molecule has 0 fully saturated rings. The zero-order chi connectivity index (χ0) is 19.2. The number of pyridine rings is 1. The fourth-order valence-electron chi connectivity index (χ4n) is 2.54. The predicted octanol–water partition coefficient (Wildman–Crippen LogP) is 3.85. The van der Waals surface area contributed by atoms with Crippen molar-refractivity contribution in [2.24, 2.45) is 5.92 Å². The minimum absolute atomic E-state index is 0.0451. The first-order chi connectivity index (χ1) is 13.1. The van der Waals surface area contributed by atoms with Gasteiger partial charge in [0.25, 0.3) is 0 Å². The van der Waals surface area contributed by atoms with Crippen molar-refractivity contribution in [3.05, 3.63) is 60.7 Å². The van der Waals surface area contributed by atoms with Gasteiger partial charge in [0.2, 0.25) is 5.95 Å². The van der Waals surface area contributed by atoms with Gasteiger partial charge in [-0.05, 0) is 30.2 Å². The third-order valence-corrected chi connectivity index (χ3v) is 4.15. The number of anilines is 3. The molecule has 0 aliphatic carbocycles. The minimum atomic E-state index is -0.369. The number of nitrogens with one attached hydrogen (secondary N) is 2. The molecule has 140 valence electrons. The molecule has 0 saturated heterocycles. The van der Waals surface area contributed by atoms with Crippen LogP contribution < -0.4 is 10.6 Å². The summed E-state index contributed by atoms with van der Waals surface area (Å²) in [5.41, 5.74) is 1.84. The zero-order valence-electron chi connectivity index (χ0n) is 15.2. The molecule has 0 bridgehead atoms. The molecule has 0 unspecified atom stereocenters. The van der Waals surface area contributed by atoms with E-state index >= 15 is 0 Å². The highest BCUT2D eigenvalue weighted by Gasteiger charge is 2.15. The van der Waals surface area contributed by atoms with Gasteiger partial charge in [0.05, 0.1) is 24.0 Å². The summed E-state index contributed by atoms with van der Waals surface area (Å²) >= 11 is 0. The van der Waals surface area contributed by atoms with E-state index < -0.39 is 0 Å². The van der Waals surface area contributed by atoms with Crippen LogP contribution in [-0.2, 0) is 0 Å². The number of para-hydroxylation sites is 1. The van der Waals surface area contributed by atoms with Crippen molar-refractivity contribution < 1.29 is 9.50 Å². The summed E-state index contributed by atoms with van der Waals surface area (Å²) in [6, 6.07) is 11.6. The maximum atomic E-state index is 14.0. The highest BCUT2D eigenvalue weighted by atomic mass is 19.1. The standard InChI is InChI=1S/C20H22FN5O/c1-13(2)18(12-27)25-20-24-17(14-7-9-22-10-8-14)11-19(26-20)23-16-6-4-3-5-15(16)21/h3-11,13,18,27H,12H2,1-2H3,(H2,23,24,25,26)/t18-/m1/s1. The Morgan fingerprint density at radius 1 is 1.07 bits per heavy atom. The molecule has 3 aromatic rings. The molecule has 0 aliphatic heterocycles. The van der Waals surface area contributed by atoms with Gasteiger partial charge in [-0.1, -0.05) is 26.0 Å². The lowest BCUT2D eigenvalue weighted by molar-refractivity contribution is 0.248. The molecule has 3 N–H and O–H groups in total. The SMILES string of the molecule is CC(C)[C@@H](CO)Nc1nc(Nc2ccccc2F)cc(-c2ccncc2)n1. The van der Waals surface area contributed by atoms with Crippen LogP contribution in [-0.4, -0.2) is 32.7 Å². The number of aliphatic hydroxyl groups excluding tert-OH is 1. The molecular weight excluding hydrogens is 345 g/mol. The monoisotopic (exact) mass is 367 g/mol. The fraction of sp³-hybridized carbons (Fsp3) is 0.250. The van der Waals surface area contributed by atoms with Gasteiger partial charge in [0, 0.05) is 24.0 Å². The minimum Gasteiger partial charge on any atom is -0.394 e. The van der Waals surface area contributed by atoms with Crippen LogP contribution >= 0.6 is 0 Å². The van der Waals surface area contributed by atoms with Gasteiger partial charge >= 0.3 is 0 Å². The van der Waals surface area contributed by atoms with Gasteiger partial charge in [-0.25, -0.2) is 9.37 Å². The second-order valence-electron chi connectivity index (χ2n) is 6.48. The highest BCUT2D eigenvalue weighted by Crippen LogP contribution is 2.25. The summed E-state index contributed by atoms with van der Waals surface area (Å²) in [5.74, 6) is 0.624. The maximum absolute atomic E-state index is 14.0. The van der Waals surface area contributed by atoms with Crippen LogP contribution in [0.2, 0.25) is 0 Å². The predicted molar refractivity (Wildman–Crippen MR) is 104 cm³/mol. The average Bonchev–Trinajstić information content (AvgIpc) is 2.68. The molecule has 2 heterocycles. The van der Waals surface area contributed by atoms with Crippen molar-refractivity contribution in [3.8, 4) is 11.3 Å². The smallest absolute Gasteiger partial charge is 0.225 e. The highest BCUT2D eigenvalue weighted by molar-refractivity contribution is 5.67. The topological polar surface area (TPSA) is 83.0 Å². The Bertz CT molecular complexity index is 889. The van der Waals surface area contributed by atoms with Crippen LogP contribution in [0.5, 0.6) is 0 Å². The quantitative estimate of drug-likeness (QED) is 0.588. The van der Waals surface area contributed by atoms with Crippen LogP contribution in [0.3, 0.4) is 0 Å². The summed E-state index contributed by atoms with van der Waals surface area (Å²) in [6.07, 6.45) is 3.36. The fourth-order valence-corrected chi connectivity index (χ4v) is 2.54. The van der Waals surface area contributed by atoms with Crippen LogP contribution in [0.25, 0.3) is 11.3 Å². The Labute approximate surface area is 157 Å². The number of hydrogen-bond acceptors (Lipinski definition) is 6. The van der Waals surface area contributed by atoms with E-state index in [1.165, 1.54) is 6.07 Å². The van der Waals surface area contributed by atoms with Crippen molar-refractivity contribution in [2.75, 3.05) is 17.2 Å². The Hall–Kier alpha value is -3.06. The lowest BCUT2D eigenvalue weighted by atomic mass is 10.1. The van der Waals surface area contributed by atoms with E-state index in [9.17, 15) is 9.50 Å². The van der Waals surface area contributed by atoms with Gasteiger partial charge < -0.3 is 15.7 Å². The number of halogens is 1. The molecule has 7 heteroatoms. The molecule has 0 aliphatic rings. The molecule has 1 atom stereocenters. The van der Waals surface area contributed by atoms with Gasteiger partial charge in [0.15, 0.2) is 0 Å². The third kappa shape index (κ3) is 4.77. The second-order valence-corrected chi connectivity index (χ2v) is 6.48. The van der Waals surface area contributed by atoms with Crippen LogP contribution in [0.4, 0.5) is 21.8 Å². The van der Waals surface area contributed by atoms with Crippen molar-refractivity contribution in [1.29, 1.82) is 0 Å². The lowest BCUT2D eigenvalue weighted by Gasteiger charge is -2.20. The lowest BCUT2D eigenvalue weighted by Crippen LogP contribution is -2.30. The van der Waals surface area contributed by atoms with E-state index in [4.69, 9.17) is 0 Å². The van der Waals surface area contributed by atoms with Gasteiger partial charge in [0.1, 0.15) is 11.6 Å². The van der Waals surface area contributed by atoms with E-state index in [0.29, 0.717) is 23.1 Å². The second kappa shape index (κ2) is 8.55. The van der Waals surface area contributed by atoms with Gasteiger partial charge in [-0.2, -0.15) is 4.98 Å². The molecule has 1 aromatic carbocycles. The molecule has 27 heavy (non-hydrogen) atoms. The third-order valence-electron chi connectivity index (χ3n) is 4.15. The number of nitrogens with zero attached hydrogens (tertiary/aromatic N) is 3. The molecule has 0 spiro atoms. The summed E-state index contributed by atoms with van der Waals surface area (Å²) in [4.78, 5) is 13.0. The number of aromatic nitrogens is 3. The van der Waals surface area contributed by atoms with Gasteiger partial charge in [-0.15, -0.1) is 0 Å². The zero-order valence-corrected chi connectivity index (χ0v) is 15.2. The molecule has 6 nitrogen and oxygen atoms in total. The van der Waals surface area contributed by atoms with Crippen molar-refractivity contribution in [1.82, 2.24) is 15.0 Å². The molecule has 3 rings (SSSR count). The van der Waals surface area contributed by atoms with Crippen molar-refractivity contribution in [3.63, 3.8) is 0 Å². The molecular formula is C20H22FN5O. The number of hydrogen-bond donors (Lipinski definition) is 3. The Morgan fingerprint density at radius 3 is 2.48 bits per heavy atom. The average molecular weight is 367 g/mol. The molecule has 0 radical (unpaired) electrons. The number of aliphatic hydroxyl groups is 1. The first-order valence-corrected chi connectivity index (χ1v) is 8.75. The van der Waals surface area contributed by atoms with Crippen molar-refractivity contribution in [2.45, 2.75) is 19.9 Å². The first kappa shape index (κ1) is 18.7. The Balaban J connectivity index is 1.99. The summed E-state index contributed by atoms with van der Waals surface area (Å²) in [7, 11) is 0. The van der Waals surface area contributed by atoms with Crippen LogP contribution in [0, 0.1) is 11.7 Å². The van der Waals surface area contributed by atoms with Crippen molar-refractivity contribution >= 4 is 17.5 Å². The van der Waals surface area contributed by atoms with E-state index in [1.54, 1.807) is 36.7 Å². The van der Waals surface area contributed by atoms with E-state index in [0.717, 1.165) is 5.56 Å². The number of benzene rings is 1. The van der Waals surface area contributed by atoms with E-state index in [-0.39, 0.29) is 24.4 Å². The summed E-state index contributed by atoms with van der Waals surface area (Å²) in [6.45, 7) is 3.95. The first-order valence-electron chi connectivity index (χ1n) is 8.75. The Kier molecular flexibility index (Phi) is 5.93. The van der Waals surface area contributed by atoms with Crippen LogP contribution in [0.1, 0.15) is 13.8 Å². The summed E-state index contributed by atoms with van der Waals surface area (Å²) < 4.78 is 14.0. The molecule has 2 aromatic heterocycles. The van der Waals surface area contributed by atoms with Gasteiger partial charge in [-0.3, -0.25) is 4.98 Å². The largest absolute Gasteiger partial charge is 0.394 e. The summed E-state index contributed by atoms with van der Waals surface area (Å²) in [5, 5.41) is 15.7. The maximum Gasteiger partial charge on any atom is 0.225 e. The molecule has 0 amide bonds. The number of rotatable bonds is 7. The van der Waals surface area contributed by atoms with E-state index in [2.05, 4.69) is 25.6 Å².